The molecule has 0 aliphatic carbocycles. The van der Waals surface area contributed by atoms with Gasteiger partial charge in [-0.3, -0.25) is 4.21 Å². The second-order valence-electron chi connectivity index (χ2n) is 5.99. The summed E-state index contributed by atoms with van der Waals surface area (Å²) in [6.45, 7) is 0.486. The van der Waals surface area contributed by atoms with Gasteiger partial charge in [0, 0.05) is 18.0 Å². The van der Waals surface area contributed by atoms with Gasteiger partial charge in [0.05, 0.1) is 17.0 Å². The van der Waals surface area contributed by atoms with Crippen molar-refractivity contribution in [3.8, 4) is 5.75 Å². The van der Waals surface area contributed by atoms with Gasteiger partial charge in [0.25, 0.3) is 0 Å². The predicted molar refractivity (Wildman–Crippen MR) is 108 cm³/mol. The van der Waals surface area contributed by atoms with E-state index in [2.05, 4.69) is 25.3 Å². The highest BCUT2D eigenvalue weighted by Crippen LogP contribution is 2.24. The van der Waals surface area contributed by atoms with Crippen LogP contribution in [0.15, 0.2) is 72.3 Å². The molecule has 8 heteroatoms. The first-order valence-corrected chi connectivity index (χ1v) is 10.1. The zero-order chi connectivity index (χ0) is 19.3. The third kappa shape index (κ3) is 4.12. The van der Waals surface area contributed by atoms with Crippen LogP contribution >= 0.6 is 0 Å². The summed E-state index contributed by atoms with van der Waals surface area (Å²) in [4.78, 5) is 16.9. The van der Waals surface area contributed by atoms with Crippen LogP contribution in [0, 0.1) is 0 Å². The van der Waals surface area contributed by atoms with Crippen molar-refractivity contribution in [1.82, 2.24) is 19.9 Å². The van der Waals surface area contributed by atoms with Gasteiger partial charge >= 0.3 is 0 Å². The summed E-state index contributed by atoms with van der Waals surface area (Å²) in [7, 11) is -1.29. The van der Waals surface area contributed by atoms with E-state index in [4.69, 9.17) is 4.74 Å². The molecular weight excluding hydrogens is 374 g/mol. The molecule has 1 N–H and O–H groups in total. The lowest BCUT2D eigenvalue weighted by Gasteiger charge is -2.10. The molecule has 2 aromatic carbocycles. The van der Waals surface area contributed by atoms with Gasteiger partial charge in [-0.05, 0) is 17.7 Å². The molecule has 0 amide bonds. The first kappa shape index (κ1) is 18.0. The minimum atomic E-state index is -1.29. The van der Waals surface area contributed by atoms with E-state index in [1.165, 1.54) is 12.6 Å². The van der Waals surface area contributed by atoms with E-state index >= 15 is 0 Å². The molecular formula is C20H17N5O2S. The van der Waals surface area contributed by atoms with E-state index in [0.717, 1.165) is 17.0 Å². The van der Waals surface area contributed by atoms with Crippen LogP contribution < -0.4 is 10.1 Å². The quantitative estimate of drug-likeness (QED) is 0.503. The molecule has 4 rings (SSSR count). The largest absolute Gasteiger partial charge is 0.489 e. The molecule has 0 bridgehead atoms. The number of rotatable bonds is 6. The number of hydrogen-bond acceptors (Lipinski definition) is 7. The average molecular weight is 391 g/mol. The van der Waals surface area contributed by atoms with Gasteiger partial charge in [-0.2, -0.15) is 0 Å². The summed E-state index contributed by atoms with van der Waals surface area (Å²) >= 11 is 0. The number of nitrogens with one attached hydrogen (secondary N) is 1. The van der Waals surface area contributed by atoms with Crippen LogP contribution in [0.5, 0.6) is 5.75 Å². The van der Waals surface area contributed by atoms with Gasteiger partial charge in [0.1, 0.15) is 29.7 Å². The van der Waals surface area contributed by atoms with Gasteiger partial charge in [-0.1, -0.05) is 36.4 Å². The van der Waals surface area contributed by atoms with Crippen LogP contribution in [0.3, 0.4) is 0 Å². The molecule has 0 saturated heterocycles. The second-order valence-corrected chi connectivity index (χ2v) is 7.26. The number of aromatic nitrogens is 4. The Labute approximate surface area is 164 Å². The normalized spacial score (nSPS) is 11.9. The Morgan fingerprint density at radius 1 is 1.04 bits per heavy atom. The predicted octanol–water partition coefficient (Wildman–Crippen LogP) is 3.48. The third-order valence-corrected chi connectivity index (χ3v) is 4.67. The molecule has 1 unspecified atom stereocenters. The van der Waals surface area contributed by atoms with Crippen molar-refractivity contribution in [2.75, 3.05) is 11.6 Å². The lowest BCUT2D eigenvalue weighted by atomic mass is 10.2. The maximum absolute atomic E-state index is 11.7. The van der Waals surface area contributed by atoms with E-state index < -0.39 is 10.8 Å². The molecule has 2 aromatic heterocycles. The number of benzene rings is 2. The van der Waals surface area contributed by atoms with Crippen LogP contribution in [0.1, 0.15) is 5.56 Å². The maximum Gasteiger partial charge on any atom is 0.218 e. The van der Waals surface area contributed by atoms with Gasteiger partial charge in [0.15, 0.2) is 5.82 Å². The van der Waals surface area contributed by atoms with Gasteiger partial charge in [-0.25, -0.2) is 19.9 Å². The van der Waals surface area contributed by atoms with Gasteiger partial charge in [0.2, 0.25) is 5.16 Å². The third-order valence-electron chi connectivity index (χ3n) is 3.96. The molecule has 0 aliphatic heterocycles. The van der Waals surface area contributed by atoms with Crippen LogP contribution in [0.2, 0.25) is 0 Å². The van der Waals surface area contributed by atoms with Crippen molar-refractivity contribution in [1.29, 1.82) is 0 Å². The Morgan fingerprint density at radius 2 is 1.89 bits per heavy atom. The summed E-state index contributed by atoms with van der Waals surface area (Å²) < 4.78 is 17.6. The van der Waals surface area contributed by atoms with E-state index in [-0.39, 0.29) is 5.16 Å². The molecule has 1 atom stereocenters. The Balaban J connectivity index is 1.57. The molecule has 0 fully saturated rings. The summed E-state index contributed by atoms with van der Waals surface area (Å²) in [5.74, 6) is 1.25. The molecule has 7 nitrogen and oxygen atoms in total. The Kier molecular flexibility index (Phi) is 5.20. The lowest BCUT2D eigenvalue weighted by Crippen LogP contribution is -2.02. The summed E-state index contributed by atoms with van der Waals surface area (Å²) in [5, 5.41) is 3.47. The molecule has 28 heavy (non-hydrogen) atoms. The summed E-state index contributed by atoms with van der Waals surface area (Å²) in [6, 6.07) is 17.6. The zero-order valence-corrected chi connectivity index (χ0v) is 15.9. The minimum Gasteiger partial charge on any atom is -0.489 e. The number of nitrogens with zero attached hydrogens (tertiary/aromatic N) is 4. The van der Waals surface area contributed by atoms with Crippen LogP contribution in [-0.4, -0.2) is 30.4 Å². The van der Waals surface area contributed by atoms with E-state index in [1.807, 2.05) is 54.6 Å². The van der Waals surface area contributed by atoms with Crippen molar-refractivity contribution in [3.63, 3.8) is 0 Å². The fourth-order valence-electron chi connectivity index (χ4n) is 2.61. The lowest BCUT2D eigenvalue weighted by molar-refractivity contribution is 0.306. The Morgan fingerprint density at radius 3 is 2.71 bits per heavy atom. The highest BCUT2D eigenvalue weighted by Gasteiger charge is 2.10. The Bertz CT molecular complexity index is 1140. The zero-order valence-electron chi connectivity index (χ0n) is 15.1. The number of anilines is 2. The van der Waals surface area contributed by atoms with Crippen LogP contribution in [-0.2, 0) is 17.4 Å². The molecule has 140 valence electrons. The molecule has 4 aromatic rings. The topological polar surface area (TPSA) is 89.9 Å². The first-order valence-electron chi connectivity index (χ1n) is 8.54. The monoisotopic (exact) mass is 391 g/mol. The van der Waals surface area contributed by atoms with Gasteiger partial charge < -0.3 is 10.1 Å². The summed E-state index contributed by atoms with van der Waals surface area (Å²) in [5.41, 5.74) is 2.98. The van der Waals surface area contributed by atoms with Crippen molar-refractivity contribution in [2.45, 2.75) is 11.8 Å². The number of ether oxygens (including phenoxy) is 1. The highest BCUT2D eigenvalue weighted by molar-refractivity contribution is 7.84. The van der Waals surface area contributed by atoms with Crippen LogP contribution in [0.4, 0.5) is 11.5 Å². The number of fused-ring (bicyclic) bond motifs is 1. The second kappa shape index (κ2) is 8.10. The Hall–Kier alpha value is -3.39. The summed E-state index contributed by atoms with van der Waals surface area (Å²) in [6.07, 6.45) is 4.52. The fraction of sp³-hybridized carbons (Fsp3) is 0.100. The standard InChI is InChI=1S/C20H17N5O2S/c1-28(26)20-21-11-17-18(25-20)19(23-13-22-17)24-15-8-5-9-16(10-15)27-12-14-6-3-2-4-7-14/h2-11,13H,12H2,1H3,(H,22,23,24). The maximum atomic E-state index is 11.7. The molecule has 0 radical (unpaired) electrons. The van der Waals surface area contributed by atoms with E-state index in [0.29, 0.717) is 23.5 Å². The van der Waals surface area contributed by atoms with E-state index in [1.54, 1.807) is 6.20 Å². The van der Waals surface area contributed by atoms with Crippen molar-refractivity contribution in [2.24, 2.45) is 0 Å². The SMILES string of the molecule is CS(=O)c1ncc2ncnc(Nc3cccc(OCc4ccccc4)c3)c2n1. The molecule has 0 saturated carbocycles. The number of hydrogen-bond donors (Lipinski definition) is 1. The molecule has 2 heterocycles. The van der Waals surface area contributed by atoms with Crippen molar-refractivity contribution >= 4 is 33.3 Å². The van der Waals surface area contributed by atoms with E-state index in [9.17, 15) is 4.21 Å². The average Bonchev–Trinajstić information content (AvgIpc) is 2.73. The molecule has 0 aliphatic rings. The first-order chi connectivity index (χ1) is 13.7. The highest BCUT2D eigenvalue weighted by atomic mass is 32.2. The smallest absolute Gasteiger partial charge is 0.218 e. The minimum absolute atomic E-state index is 0.241. The van der Waals surface area contributed by atoms with Crippen molar-refractivity contribution in [3.05, 3.63) is 72.7 Å². The molecule has 0 spiro atoms. The van der Waals surface area contributed by atoms with Crippen LogP contribution in [0.25, 0.3) is 11.0 Å². The fourth-order valence-corrected chi connectivity index (χ4v) is 3.03. The van der Waals surface area contributed by atoms with Crippen molar-refractivity contribution < 1.29 is 8.95 Å². The van der Waals surface area contributed by atoms with Gasteiger partial charge in [-0.15, -0.1) is 0 Å².